The molecular weight excluding hydrogens is 287 g/mol. The first kappa shape index (κ1) is 15.3. The smallest absolute Gasteiger partial charge is 0.309 e. The third-order valence-electron chi connectivity index (χ3n) is 3.66. The van der Waals surface area contributed by atoms with Crippen molar-refractivity contribution in [2.24, 2.45) is 10.9 Å². The molecule has 0 amide bonds. The van der Waals surface area contributed by atoms with E-state index in [1.54, 1.807) is 6.92 Å². The van der Waals surface area contributed by atoms with Gasteiger partial charge in [-0.05, 0) is 18.6 Å². The van der Waals surface area contributed by atoms with Crippen LogP contribution < -0.4 is 0 Å². The molecule has 1 aliphatic rings. The van der Waals surface area contributed by atoms with Gasteiger partial charge in [-0.1, -0.05) is 0 Å². The van der Waals surface area contributed by atoms with Gasteiger partial charge in [-0.25, -0.2) is 13.2 Å². The molecule has 0 fully saturated rings. The van der Waals surface area contributed by atoms with Crippen LogP contribution in [0.25, 0.3) is 0 Å². The van der Waals surface area contributed by atoms with Gasteiger partial charge in [0, 0.05) is 18.4 Å². The normalized spacial score (nSPS) is 25.4. The minimum absolute atomic E-state index is 0.0137. The van der Waals surface area contributed by atoms with E-state index >= 15 is 0 Å². The molecule has 0 bridgehead atoms. The van der Waals surface area contributed by atoms with Crippen LogP contribution in [0.4, 0.5) is 13.2 Å². The highest BCUT2D eigenvalue weighted by molar-refractivity contribution is 5.82. The number of aliphatic carboxylic acids is 1. The number of rotatable bonds is 2. The number of hydrogen-bond acceptors (Lipinski definition) is 3. The van der Waals surface area contributed by atoms with E-state index in [2.05, 4.69) is 4.99 Å². The average Bonchev–Trinajstić information content (AvgIpc) is 2.41. The maximum atomic E-state index is 13.9. The van der Waals surface area contributed by atoms with Crippen LogP contribution in [-0.4, -0.2) is 30.1 Å². The van der Waals surface area contributed by atoms with Crippen molar-refractivity contribution in [3.8, 4) is 0 Å². The number of carbonyl (C=O) groups is 1. The number of aliphatic imine (C=N–C) groups is 1. The van der Waals surface area contributed by atoms with Crippen molar-refractivity contribution >= 4 is 11.9 Å². The summed E-state index contributed by atoms with van der Waals surface area (Å²) in [6, 6.07) is 0.465. The van der Waals surface area contributed by atoms with Gasteiger partial charge in [-0.15, -0.1) is 0 Å². The predicted octanol–water partition coefficient (Wildman–Crippen LogP) is 2.73. The topological polar surface area (TPSA) is 58.9 Å². The van der Waals surface area contributed by atoms with Crippen molar-refractivity contribution in [3.63, 3.8) is 0 Å². The Morgan fingerprint density at radius 3 is 2.48 bits per heavy atom. The second kappa shape index (κ2) is 5.75. The Labute approximate surface area is 119 Å². The minimum atomic E-state index is -1.31. The lowest BCUT2D eigenvalue weighted by molar-refractivity contribution is -0.143. The molecule has 0 saturated carbocycles. The Hall–Kier alpha value is -2.05. The third-order valence-corrected chi connectivity index (χ3v) is 3.66. The Morgan fingerprint density at radius 1 is 1.29 bits per heavy atom. The number of carboxylic acid groups (broad SMARTS) is 1. The summed E-state index contributed by atoms with van der Waals surface area (Å²) in [4.78, 5) is 15.5. The lowest BCUT2D eigenvalue weighted by Crippen LogP contribution is -2.37. The summed E-state index contributed by atoms with van der Waals surface area (Å²) >= 11 is 0. The number of methoxy groups -OCH3 is 1. The molecule has 7 heteroatoms. The first-order chi connectivity index (χ1) is 9.85. The fourth-order valence-electron chi connectivity index (χ4n) is 2.65. The molecule has 4 nitrogen and oxygen atoms in total. The second-order valence-electron chi connectivity index (χ2n) is 4.93. The van der Waals surface area contributed by atoms with Gasteiger partial charge in [-0.2, -0.15) is 0 Å². The van der Waals surface area contributed by atoms with E-state index in [1.165, 1.54) is 7.11 Å². The molecular formula is C14H14F3NO3. The van der Waals surface area contributed by atoms with Gasteiger partial charge < -0.3 is 9.84 Å². The van der Waals surface area contributed by atoms with Crippen molar-refractivity contribution in [3.05, 3.63) is 35.1 Å². The lowest BCUT2D eigenvalue weighted by Gasteiger charge is -2.32. The monoisotopic (exact) mass is 301 g/mol. The predicted molar refractivity (Wildman–Crippen MR) is 68.7 cm³/mol. The molecule has 1 aromatic rings. The van der Waals surface area contributed by atoms with Gasteiger partial charge in [0.1, 0.15) is 5.82 Å². The highest BCUT2D eigenvalue weighted by atomic mass is 19.2. The number of halogens is 3. The average molecular weight is 301 g/mol. The SMILES string of the molecule is COC1=NC(C)[C@@H](C(=O)O)[C@H](c2cc(F)c(F)cc2F)C1. The highest BCUT2D eigenvalue weighted by Gasteiger charge is 2.40. The zero-order valence-corrected chi connectivity index (χ0v) is 11.4. The molecule has 1 aliphatic heterocycles. The molecule has 1 N–H and O–H groups in total. The van der Waals surface area contributed by atoms with Crippen LogP contribution in [0.1, 0.15) is 24.8 Å². The van der Waals surface area contributed by atoms with Gasteiger partial charge in [0.25, 0.3) is 0 Å². The van der Waals surface area contributed by atoms with Crippen LogP contribution in [-0.2, 0) is 9.53 Å². The first-order valence-corrected chi connectivity index (χ1v) is 6.33. The van der Waals surface area contributed by atoms with E-state index in [0.29, 0.717) is 12.1 Å². The Morgan fingerprint density at radius 2 is 1.90 bits per heavy atom. The molecule has 0 aliphatic carbocycles. The molecule has 114 valence electrons. The zero-order valence-electron chi connectivity index (χ0n) is 11.4. The Balaban J connectivity index is 2.51. The quantitative estimate of drug-likeness (QED) is 0.854. The maximum Gasteiger partial charge on any atom is 0.309 e. The first-order valence-electron chi connectivity index (χ1n) is 6.33. The number of benzene rings is 1. The molecule has 0 saturated heterocycles. The van der Waals surface area contributed by atoms with Crippen LogP contribution in [0.2, 0.25) is 0 Å². The van der Waals surface area contributed by atoms with E-state index in [-0.39, 0.29) is 17.9 Å². The van der Waals surface area contributed by atoms with Gasteiger partial charge in [0.15, 0.2) is 17.5 Å². The van der Waals surface area contributed by atoms with Crippen LogP contribution >= 0.6 is 0 Å². The molecule has 0 radical (unpaired) electrons. The summed E-state index contributed by atoms with van der Waals surface area (Å²) in [6.45, 7) is 1.56. The van der Waals surface area contributed by atoms with Gasteiger partial charge >= 0.3 is 5.97 Å². The summed E-state index contributed by atoms with van der Waals surface area (Å²) in [5.41, 5.74) is -0.183. The molecule has 1 heterocycles. The minimum Gasteiger partial charge on any atom is -0.484 e. The van der Waals surface area contributed by atoms with Crippen LogP contribution in [0, 0.1) is 23.4 Å². The van der Waals surface area contributed by atoms with Crippen molar-refractivity contribution < 1.29 is 27.8 Å². The summed E-state index contributed by atoms with van der Waals surface area (Å²) in [5, 5.41) is 9.31. The van der Waals surface area contributed by atoms with Crippen LogP contribution in [0.15, 0.2) is 17.1 Å². The molecule has 0 spiro atoms. The molecule has 1 unspecified atom stereocenters. The summed E-state index contributed by atoms with van der Waals surface area (Å²) in [5.74, 6) is -6.33. The molecule has 1 aromatic carbocycles. The van der Waals surface area contributed by atoms with E-state index < -0.39 is 41.3 Å². The molecule has 3 atom stereocenters. The number of carboxylic acids is 1. The van der Waals surface area contributed by atoms with Crippen LogP contribution in [0.3, 0.4) is 0 Å². The van der Waals surface area contributed by atoms with Crippen molar-refractivity contribution in [1.82, 2.24) is 0 Å². The second-order valence-corrected chi connectivity index (χ2v) is 4.93. The molecule has 2 rings (SSSR count). The Kier molecular flexibility index (Phi) is 4.20. The summed E-state index contributed by atoms with van der Waals surface area (Å²) in [7, 11) is 1.37. The zero-order chi connectivity index (χ0) is 15.7. The fourth-order valence-corrected chi connectivity index (χ4v) is 2.65. The van der Waals surface area contributed by atoms with E-state index in [1.807, 2.05) is 0 Å². The number of nitrogens with zero attached hydrogens (tertiary/aromatic N) is 1. The maximum absolute atomic E-state index is 13.9. The standard InChI is InChI=1S/C14H14F3NO3/c1-6-13(14(19)20)8(4-12(18-6)21-2)7-3-10(16)11(17)5-9(7)15/h3,5-6,8,13H,4H2,1-2H3,(H,19,20)/t6?,8-,13+/m0/s1. The Bertz CT molecular complexity index is 603. The van der Waals surface area contributed by atoms with Gasteiger partial charge in [0.2, 0.25) is 0 Å². The number of ether oxygens (including phenoxy) is 1. The van der Waals surface area contributed by atoms with Crippen LogP contribution in [0.5, 0.6) is 0 Å². The van der Waals surface area contributed by atoms with Crippen molar-refractivity contribution in [1.29, 1.82) is 0 Å². The molecule has 21 heavy (non-hydrogen) atoms. The summed E-state index contributed by atoms with van der Waals surface area (Å²) in [6.07, 6.45) is 0.0137. The highest BCUT2D eigenvalue weighted by Crippen LogP contribution is 2.37. The van der Waals surface area contributed by atoms with Crippen molar-refractivity contribution in [2.75, 3.05) is 7.11 Å². The van der Waals surface area contributed by atoms with Gasteiger partial charge in [0.05, 0.1) is 19.1 Å². The van der Waals surface area contributed by atoms with E-state index in [4.69, 9.17) is 4.74 Å². The van der Waals surface area contributed by atoms with E-state index in [9.17, 15) is 23.1 Å². The molecule has 0 aromatic heterocycles. The lowest BCUT2D eigenvalue weighted by atomic mass is 9.77. The van der Waals surface area contributed by atoms with Crippen molar-refractivity contribution in [2.45, 2.75) is 25.3 Å². The number of hydrogen-bond donors (Lipinski definition) is 1. The third kappa shape index (κ3) is 2.86. The largest absolute Gasteiger partial charge is 0.484 e. The fraction of sp³-hybridized carbons (Fsp3) is 0.429. The van der Waals surface area contributed by atoms with E-state index in [0.717, 1.165) is 0 Å². The summed E-state index contributed by atoms with van der Waals surface area (Å²) < 4.78 is 45.3. The van der Waals surface area contributed by atoms with Gasteiger partial charge in [-0.3, -0.25) is 9.79 Å².